The number of carbonyl (C=O) groups excluding carboxylic acids is 1. The second kappa shape index (κ2) is 4.05. The van der Waals surface area contributed by atoms with E-state index in [9.17, 15) is 4.79 Å². The number of aryl methyl sites for hydroxylation is 1. The summed E-state index contributed by atoms with van der Waals surface area (Å²) in [6.07, 6.45) is 1.38. The quantitative estimate of drug-likeness (QED) is 0.699. The molecule has 0 saturated carbocycles. The molecule has 1 unspecified atom stereocenters. The maximum Gasteiger partial charge on any atom is 0.136 e. The van der Waals surface area contributed by atoms with Gasteiger partial charge in [-0.05, 0) is 26.0 Å². The molecule has 1 aromatic rings. The first-order chi connectivity index (χ1) is 7.16. The van der Waals surface area contributed by atoms with E-state index >= 15 is 0 Å². The van der Waals surface area contributed by atoms with E-state index in [1.54, 1.807) is 0 Å². The molecular weight excluding hydrogens is 186 g/mol. The van der Waals surface area contributed by atoms with Gasteiger partial charge in [-0.2, -0.15) is 0 Å². The highest BCUT2D eigenvalue weighted by atomic mass is 16.1. The van der Waals surface area contributed by atoms with Gasteiger partial charge in [-0.25, -0.2) is 0 Å². The Morgan fingerprint density at radius 1 is 1.27 bits per heavy atom. The Morgan fingerprint density at radius 3 is 2.53 bits per heavy atom. The van der Waals surface area contributed by atoms with Crippen LogP contribution in [0.3, 0.4) is 0 Å². The first-order valence-corrected chi connectivity index (χ1v) is 5.52. The summed E-state index contributed by atoms with van der Waals surface area (Å²) in [5.41, 5.74) is 2.51. The molecule has 15 heavy (non-hydrogen) atoms. The summed E-state index contributed by atoms with van der Waals surface area (Å²) >= 11 is 0. The Balaban J connectivity index is 2.16. The lowest BCUT2D eigenvalue weighted by molar-refractivity contribution is -0.120. The lowest BCUT2D eigenvalue weighted by Crippen LogP contribution is -2.41. The highest BCUT2D eigenvalue weighted by molar-refractivity contribution is 5.81. The molecule has 0 aliphatic carbocycles. The Kier molecular flexibility index (Phi) is 2.76. The van der Waals surface area contributed by atoms with Crippen molar-refractivity contribution in [3.05, 3.63) is 29.8 Å². The smallest absolute Gasteiger partial charge is 0.136 e. The molecule has 2 rings (SSSR count). The largest absolute Gasteiger partial charge is 0.368 e. The van der Waals surface area contributed by atoms with E-state index in [1.165, 1.54) is 11.3 Å². The molecule has 2 heteroatoms. The number of anilines is 1. The van der Waals surface area contributed by atoms with Crippen molar-refractivity contribution >= 4 is 11.5 Å². The van der Waals surface area contributed by atoms with Gasteiger partial charge in [0.25, 0.3) is 0 Å². The van der Waals surface area contributed by atoms with Gasteiger partial charge in [0.2, 0.25) is 0 Å². The lowest BCUT2D eigenvalue weighted by atomic mass is 10.0. The van der Waals surface area contributed by atoms with Gasteiger partial charge in [-0.15, -0.1) is 0 Å². The highest BCUT2D eigenvalue weighted by Gasteiger charge is 2.23. The molecule has 1 fully saturated rings. The molecule has 1 aromatic carbocycles. The maximum atomic E-state index is 11.3. The van der Waals surface area contributed by atoms with Crippen molar-refractivity contribution in [2.24, 2.45) is 0 Å². The van der Waals surface area contributed by atoms with Crippen LogP contribution < -0.4 is 4.90 Å². The molecule has 0 spiro atoms. The number of ketones is 1. The molecule has 2 nitrogen and oxygen atoms in total. The van der Waals surface area contributed by atoms with Crippen molar-refractivity contribution in [1.29, 1.82) is 0 Å². The molecule has 1 heterocycles. The summed E-state index contributed by atoms with van der Waals surface area (Å²) < 4.78 is 0. The molecule has 0 bridgehead atoms. The van der Waals surface area contributed by atoms with Gasteiger partial charge in [0, 0.05) is 31.1 Å². The van der Waals surface area contributed by atoms with Gasteiger partial charge in [-0.3, -0.25) is 4.79 Å². The minimum atomic E-state index is 0.342. The van der Waals surface area contributed by atoms with Crippen molar-refractivity contribution < 1.29 is 4.79 Å². The number of nitrogens with zero attached hydrogens (tertiary/aromatic N) is 1. The van der Waals surface area contributed by atoms with Crippen LogP contribution in [0.1, 0.15) is 25.3 Å². The Hall–Kier alpha value is -1.31. The first kappa shape index (κ1) is 10.2. The summed E-state index contributed by atoms with van der Waals surface area (Å²) in [4.78, 5) is 13.6. The van der Waals surface area contributed by atoms with Crippen LogP contribution in [0.25, 0.3) is 0 Å². The number of carbonyl (C=O) groups is 1. The van der Waals surface area contributed by atoms with Crippen molar-refractivity contribution in [2.75, 3.05) is 11.4 Å². The number of piperidine rings is 1. The zero-order valence-corrected chi connectivity index (χ0v) is 9.36. The standard InChI is InChI=1S/C13H17NO/c1-10-3-5-12(6-4-10)14-8-7-13(15)9-11(14)2/h3-6,11H,7-9H2,1-2H3. The Morgan fingerprint density at radius 2 is 1.93 bits per heavy atom. The van der Waals surface area contributed by atoms with E-state index in [0.717, 1.165) is 6.54 Å². The van der Waals surface area contributed by atoms with Crippen molar-refractivity contribution in [1.82, 2.24) is 0 Å². The Bertz CT molecular complexity index is 355. The normalized spacial score (nSPS) is 21.9. The molecule has 1 atom stereocenters. The van der Waals surface area contributed by atoms with Gasteiger partial charge in [0.15, 0.2) is 0 Å². The molecular formula is C13H17NO. The Labute approximate surface area is 90.9 Å². The fourth-order valence-corrected chi connectivity index (χ4v) is 2.13. The van der Waals surface area contributed by atoms with Crippen molar-refractivity contribution in [3.8, 4) is 0 Å². The molecule has 0 N–H and O–H groups in total. The lowest BCUT2D eigenvalue weighted by Gasteiger charge is -2.34. The zero-order valence-electron chi connectivity index (χ0n) is 9.36. The number of benzene rings is 1. The third kappa shape index (κ3) is 2.20. The molecule has 0 amide bonds. The highest BCUT2D eigenvalue weighted by Crippen LogP contribution is 2.23. The summed E-state index contributed by atoms with van der Waals surface area (Å²) in [7, 11) is 0. The average molecular weight is 203 g/mol. The van der Waals surface area contributed by atoms with E-state index in [0.29, 0.717) is 24.7 Å². The van der Waals surface area contributed by atoms with Crippen molar-refractivity contribution in [3.63, 3.8) is 0 Å². The predicted octanol–water partition coefficient (Wildman–Crippen LogP) is 2.55. The van der Waals surface area contributed by atoms with Crippen LogP contribution in [0.5, 0.6) is 0 Å². The number of hydrogen-bond acceptors (Lipinski definition) is 2. The molecule has 0 aromatic heterocycles. The first-order valence-electron chi connectivity index (χ1n) is 5.52. The number of hydrogen-bond donors (Lipinski definition) is 0. The number of Topliss-reactive ketones (excluding diaryl/α,β-unsaturated/α-hetero) is 1. The van der Waals surface area contributed by atoms with Gasteiger partial charge < -0.3 is 4.90 Å². The molecule has 0 radical (unpaired) electrons. The third-order valence-electron chi connectivity index (χ3n) is 3.05. The molecule has 1 saturated heterocycles. The van der Waals surface area contributed by atoms with Crippen LogP contribution in [0, 0.1) is 6.92 Å². The van der Waals surface area contributed by atoms with E-state index in [2.05, 4.69) is 43.0 Å². The molecule has 1 aliphatic heterocycles. The summed E-state index contributed by atoms with van der Waals surface area (Å²) in [5, 5.41) is 0. The van der Waals surface area contributed by atoms with Crippen LogP contribution in [-0.4, -0.2) is 18.4 Å². The fourth-order valence-electron chi connectivity index (χ4n) is 2.13. The zero-order chi connectivity index (χ0) is 10.8. The van der Waals surface area contributed by atoms with Crippen molar-refractivity contribution in [2.45, 2.75) is 32.7 Å². The van der Waals surface area contributed by atoms with Crippen LogP contribution in [0.2, 0.25) is 0 Å². The molecule has 1 aliphatic rings. The molecule has 80 valence electrons. The average Bonchev–Trinajstić information content (AvgIpc) is 2.20. The number of rotatable bonds is 1. The van der Waals surface area contributed by atoms with Crippen LogP contribution in [0.15, 0.2) is 24.3 Å². The fraction of sp³-hybridized carbons (Fsp3) is 0.462. The van der Waals surface area contributed by atoms with Gasteiger partial charge in [0.05, 0.1) is 0 Å². The van der Waals surface area contributed by atoms with Gasteiger partial charge >= 0.3 is 0 Å². The second-order valence-electron chi connectivity index (χ2n) is 4.37. The maximum absolute atomic E-state index is 11.3. The van der Waals surface area contributed by atoms with E-state index in [1.807, 2.05) is 0 Å². The van der Waals surface area contributed by atoms with E-state index < -0.39 is 0 Å². The minimum Gasteiger partial charge on any atom is -0.368 e. The topological polar surface area (TPSA) is 20.3 Å². The SMILES string of the molecule is Cc1ccc(N2CCC(=O)CC2C)cc1. The predicted molar refractivity (Wildman–Crippen MR) is 62.2 cm³/mol. The second-order valence-corrected chi connectivity index (χ2v) is 4.37. The minimum absolute atomic E-state index is 0.342. The van der Waals surface area contributed by atoms with E-state index in [4.69, 9.17) is 0 Å². The monoisotopic (exact) mass is 203 g/mol. The van der Waals surface area contributed by atoms with Gasteiger partial charge in [0.1, 0.15) is 5.78 Å². The van der Waals surface area contributed by atoms with Crippen LogP contribution in [0.4, 0.5) is 5.69 Å². The van der Waals surface area contributed by atoms with Crippen LogP contribution >= 0.6 is 0 Å². The third-order valence-corrected chi connectivity index (χ3v) is 3.05. The van der Waals surface area contributed by atoms with E-state index in [-0.39, 0.29) is 0 Å². The summed E-state index contributed by atoms with van der Waals surface area (Å²) in [6.45, 7) is 5.08. The van der Waals surface area contributed by atoms with Crippen LogP contribution in [-0.2, 0) is 4.79 Å². The summed E-state index contributed by atoms with van der Waals surface area (Å²) in [5.74, 6) is 0.394. The van der Waals surface area contributed by atoms with Gasteiger partial charge in [-0.1, -0.05) is 17.7 Å². The summed E-state index contributed by atoms with van der Waals surface area (Å²) in [6, 6.07) is 8.87.